The van der Waals surface area contributed by atoms with E-state index in [9.17, 15) is 0 Å². The van der Waals surface area contributed by atoms with Gasteiger partial charge in [0.15, 0.2) is 0 Å². The van der Waals surface area contributed by atoms with Gasteiger partial charge in [-0.05, 0) is 44.1 Å². The van der Waals surface area contributed by atoms with Crippen molar-refractivity contribution < 1.29 is 0 Å². The van der Waals surface area contributed by atoms with Crippen LogP contribution in [-0.2, 0) is 0 Å². The van der Waals surface area contributed by atoms with Gasteiger partial charge in [0.25, 0.3) is 0 Å². The summed E-state index contributed by atoms with van der Waals surface area (Å²) in [6.45, 7) is 6.26. The van der Waals surface area contributed by atoms with Crippen LogP contribution in [0.3, 0.4) is 0 Å². The monoisotopic (exact) mass is 160 g/mol. The van der Waals surface area contributed by atoms with Gasteiger partial charge in [-0.15, -0.1) is 0 Å². The molecule has 0 nitrogen and oxygen atoms in total. The molecular weight excluding hydrogens is 144 g/mol. The van der Waals surface area contributed by atoms with Gasteiger partial charge in [0.2, 0.25) is 0 Å². The molecule has 1 atom stereocenters. The van der Waals surface area contributed by atoms with E-state index >= 15 is 0 Å². The third-order valence-electron chi connectivity index (χ3n) is 2.96. The second-order valence-electron chi connectivity index (χ2n) is 4.07. The standard InChI is InChI=1S/C12H16/c1-9-3-5-11-6-4-10(2)8-12(11)7-9/h7-8,11H,1,3-6H2,2H3. The minimum atomic E-state index is 0.846. The van der Waals surface area contributed by atoms with Crippen molar-refractivity contribution in [2.24, 2.45) is 5.92 Å². The molecule has 0 heterocycles. The number of rotatable bonds is 0. The van der Waals surface area contributed by atoms with E-state index in [2.05, 4.69) is 25.7 Å². The number of allylic oxidation sites excluding steroid dienone is 5. The third kappa shape index (κ3) is 1.38. The molecule has 0 aromatic carbocycles. The molecule has 0 heteroatoms. The molecule has 0 saturated carbocycles. The topological polar surface area (TPSA) is 0 Å². The fourth-order valence-corrected chi connectivity index (χ4v) is 2.18. The van der Waals surface area contributed by atoms with Crippen molar-refractivity contribution >= 4 is 0 Å². The smallest absolute Gasteiger partial charge is 0.0156 e. The van der Waals surface area contributed by atoms with Crippen molar-refractivity contribution in [1.29, 1.82) is 0 Å². The Bertz CT molecular complexity index is 266. The molecule has 0 fully saturated rings. The van der Waals surface area contributed by atoms with Crippen molar-refractivity contribution in [2.45, 2.75) is 32.6 Å². The fourth-order valence-electron chi connectivity index (χ4n) is 2.18. The molecule has 0 N–H and O–H groups in total. The Morgan fingerprint density at radius 1 is 1.25 bits per heavy atom. The maximum absolute atomic E-state index is 4.02. The van der Waals surface area contributed by atoms with Crippen molar-refractivity contribution in [2.75, 3.05) is 0 Å². The number of fused-ring (bicyclic) bond motifs is 1. The molecule has 0 bridgehead atoms. The number of hydrogen-bond acceptors (Lipinski definition) is 0. The molecule has 2 rings (SSSR count). The Balaban J connectivity index is 2.31. The first kappa shape index (κ1) is 7.85. The summed E-state index contributed by atoms with van der Waals surface area (Å²) >= 11 is 0. The molecule has 0 amide bonds. The zero-order valence-corrected chi connectivity index (χ0v) is 7.77. The lowest BCUT2D eigenvalue weighted by Crippen LogP contribution is -2.12. The van der Waals surface area contributed by atoms with Crippen LogP contribution in [0.15, 0.2) is 35.5 Å². The molecule has 2 aliphatic rings. The molecule has 0 aliphatic heterocycles. The number of hydrogen-bond donors (Lipinski definition) is 0. The summed E-state index contributed by atoms with van der Waals surface area (Å²) in [5.41, 5.74) is 4.38. The molecule has 0 radical (unpaired) electrons. The molecule has 0 aromatic rings. The summed E-state index contributed by atoms with van der Waals surface area (Å²) < 4.78 is 0. The predicted molar refractivity (Wildman–Crippen MR) is 52.9 cm³/mol. The van der Waals surface area contributed by atoms with Gasteiger partial charge in [0.05, 0.1) is 0 Å². The zero-order chi connectivity index (χ0) is 8.55. The van der Waals surface area contributed by atoms with Crippen molar-refractivity contribution in [3.05, 3.63) is 35.5 Å². The van der Waals surface area contributed by atoms with Crippen LogP contribution in [-0.4, -0.2) is 0 Å². The van der Waals surface area contributed by atoms with E-state index in [1.54, 1.807) is 0 Å². The summed E-state index contributed by atoms with van der Waals surface area (Å²) in [5.74, 6) is 0.846. The molecule has 1 unspecified atom stereocenters. The van der Waals surface area contributed by atoms with Gasteiger partial charge in [-0.2, -0.15) is 0 Å². The normalized spacial score (nSPS) is 29.1. The zero-order valence-electron chi connectivity index (χ0n) is 7.77. The van der Waals surface area contributed by atoms with Crippen LogP contribution in [0.4, 0.5) is 0 Å². The predicted octanol–water partition coefficient (Wildman–Crippen LogP) is 3.62. The van der Waals surface area contributed by atoms with Crippen molar-refractivity contribution in [3.63, 3.8) is 0 Å². The van der Waals surface area contributed by atoms with Crippen molar-refractivity contribution in [1.82, 2.24) is 0 Å². The maximum atomic E-state index is 4.02. The molecule has 0 aromatic heterocycles. The Morgan fingerprint density at radius 2 is 2.00 bits per heavy atom. The minimum absolute atomic E-state index is 0.846. The Kier molecular flexibility index (Phi) is 1.92. The highest BCUT2D eigenvalue weighted by atomic mass is 14.3. The SMILES string of the molecule is C=C1C=C2C=C(C)CCC2CC1. The van der Waals surface area contributed by atoms with Gasteiger partial charge in [0, 0.05) is 0 Å². The maximum Gasteiger partial charge on any atom is -0.0156 e. The van der Waals surface area contributed by atoms with Crippen molar-refractivity contribution in [3.8, 4) is 0 Å². The van der Waals surface area contributed by atoms with Crippen LogP contribution in [0.25, 0.3) is 0 Å². The van der Waals surface area contributed by atoms with Crippen LogP contribution in [0.1, 0.15) is 32.6 Å². The van der Waals surface area contributed by atoms with Gasteiger partial charge >= 0.3 is 0 Å². The van der Waals surface area contributed by atoms with Crippen LogP contribution in [0, 0.1) is 5.92 Å². The largest absolute Gasteiger partial charge is 0.0958 e. The van der Waals surface area contributed by atoms with E-state index in [4.69, 9.17) is 0 Å². The third-order valence-corrected chi connectivity index (χ3v) is 2.96. The van der Waals surface area contributed by atoms with Gasteiger partial charge in [-0.1, -0.05) is 29.9 Å². The highest BCUT2D eigenvalue weighted by Crippen LogP contribution is 2.36. The van der Waals surface area contributed by atoms with E-state index in [1.165, 1.54) is 42.4 Å². The fraction of sp³-hybridized carbons (Fsp3) is 0.500. The van der Waals surface area contributed by atoms with Gasteiger partial charge < -0.3 is 0 Å². The molecule has 64 valence electrons. The average Bonchev–Trinajstić information content (AvgIpc) is 2.03. The van der Waals surface area contributed by atoms with Crippen LogP contribution in [0.2, 0.25) is 0 Å². The summed E-state index contributed by atoms with van der Waals surface area (Å²) in [4.78, 5) is 0. The molecule has 0 saturated heterocycles. The van der Waals surface area contributed by atoms with Crippen LogP contribution < -0.4 is 0 Å². The lowest BCUT2D eigenvalue weighted by molar-refractivity contribution is 0.499. The molecule has 12 heavy (non-hydrogen) atoms. The van der Waals surface area contributed by atoms with E-state index in [-0.39, 0.29) is 0 Å². The molecule has 2 aliphatic carbocycles. The van der Waals surface area contributed by atoms with Crippen LogP contribution >= 0.6 is 0 Å². The Labute approximate surface area is 74.7 Å². The highest BCUT2D eigenvalue weighted by Gasteiger charge is 2.20. The highest BCUT2D eigenvalue weighted by molar-refractivity contribution is 5.37. The Morgan fingerprint density at radius 3 is 2.83 bits per heavy atom. The summed E-state index contributed by atoms with van der Waals surface area (Å²) in [7, 11) is 0. The van der Waals surface area contributed by atoms with E-state index in [0.29, 0.717) is 0 Å². The quantitative estimate of drug-likeness (QED) is 0.507. The first-order chi connectivity index (χ1) is 5.75. The van der Waals surface area contributed by atoms with Gasteiger partial charge in [0.1, 0.15) is 0 Å². The molecular formula is C12H16. The van der Waals surface area contributed by atoms with E-state index < -0.39 is 0 Å². The first-order valence-corrected chi connectivity index (χ1v) is 4.82. The molecule has 0 spiro atoms. The summed E-state index contributed by atoms with van der Waals surface area (Å²) in [6, 6.07) is 0. The lowest BCUT2D eigenvalue weighted by Gasteiger charge is -2.27. The van der Waals surface area contributed by atoms with Gasteiger partial charge in [-0.3, -0.25) is 0 Å². The summed E-state index contributed by atoms with van der Waals surface area (Å²) in [6.07, 6.45) is 9.85. The van der Waals surface area contributed by atoms with E-state index in [0.717, 1.165) is 5.92 Å². The minimum Gasteiger partial charge on any atom is -0.0958 e. The second kappa shape index (κ2) is 2.93. The van der Waals surface area contributed by atoms with Gasteiger partial charge in [-0.25, -0.2) is 0 Å². The second-order valence-corrected chi connectivity index (χ2v) is 4.07. The lowest BCUT2D eigenvalue weighted by atomic mass is 9.78. The average molecular weight is 160 g/mol. The first-order valence-electron chi connectivity index (χ1n) is 4.82. The van der Waals surface area contributed by atoms with E-state index in [1.807, 2.05) is 0 Å². The van der Waals surface area contributed by atoms with Crippen LogP contribution in [0.5, 0.6) is 0 Å². The summed E-state index contributed by atoms with van der Waals surface area (Å²) in [5, 5.41) is 0. The Hall–Kier alpha value is -0.780.